The summed E-state index contributed by atoms with van der Waals surface area (Å²) in [6, 6.07) is 8.24. The maximum absolute atomic E-state index is 9.17. The number of anilines is 2. The summed E-state index contributed by atoms with van der Waals surface area (Å²) >= 11 is 7.40. The van der Waals surface area contributed by atoms with Crippen molar-refractivity contribution in [1.82, 2.24) is 4.98 Å². The molecule has 1 heterocycles. The Morgan fingerprint density at radius 3 is 2.78 bits per heavy atom. The van der Waals surface area contributed by atoms with Gasteiger partial charge in [-0.15, -0.1) is 0 Å². The van der Waals surface area contributed by atoms with E-state index in [0.29, 0.717) is 10.0 Å². The Bertz CT molecular complexity index is 542. The zero-order valence-corrected chi connectivity index (χ0v) is 11.9. The minimum atomic E-state index is -0.0676. The van der Waals surface area contributed by atoms with E-state index in [2.05, 4.69) is 35.9 Å². The molecule has 0 spiro atoms. The molecule has 1 aromatic heterocycles. The number of aryl methyl sites for hydroxylation is 1. The minimum Gasteiger partial charge on any atom is -0.391 e. The van der Waals surface area contributed by atoms with Gasteiger partial charge in [0.25, 0.3) is 0 Å². The normalized spacial score (nSPS) is 10.7. The second kappa shape index (κ2) is 5.69. The molecule has 0 aliphatic heterocycles. The lowest BCUT2D eigenvalue weighted by molar-refractivity contribution is 0.285. The maximum Gasteiger partial charge on any atom is 0.191 e. The van der Waals surface area contributed by atoms with E-state index in [4.69, 9.17) is 16.7 Å². The van der Waals surface area contributed by atoms with Gasteiger partial charge in [-0.1, -0.05) is 35.1 Å². The van der Waals surface area contributed by atoms with Gasteiger partial charge >= 0.3 is 0 Å². The zero-order valence-electron chi connectivity index (χ0n) is 10.4. The second-order valence-electron chi connectivity index (χ2n) is 3.95. The summed E-state index contributed by atoms with van der Waals surface area (Å²) in [5.74, 6) is 0. The monoisotopic (exact) mass is 282 g/mol. The van der Waals surface area contributed by atoms with Gasteiger partial charge in [-0.2, -0.15) is 0 Å². The predicted molar refractivity (Wildman–Crippen MR) is 76.9 cm³/mol. The highest BCUT2D eigenvalue weighted by Gasteiger charge is 2.15. The SMILES string of the molecule is CCN(c1cccc(C)c1)c1nc(Cl)c(CO)s1. The number of halogens is 1. The molecule has 2 aromatic rings. The van der Waals surface area contributed by atoms with E-state index in [0.717, 1.165) is 17.4 Å². The van der Waals surface area contributed by atoms with Gasteiger partial charge in [0.1, 0.15) is 5.15 Å². The van der Waals surface area contributed by atoms with Crippen molar-refractivity contribution >= 4 is 33.8 Å². The third-order valence-electron chi connectivity index (χ3n) is 2.64. The highest BCUT2D eigenvalue weighted by atomic mass is 35.5. The summed E-state index contributed by atoms with van der Waals surface area (Å²) in [4.78, 5) is 7.10. The number of benzene rings is 1. The number of nitrogens with zero attached hydrogens (tertiary/aromatic N) is 2. The van der Waals surface area contributed by atoms with Crippen molar-refractivity contribution in [2.45, 2.75) is 20.5 Å². The highest BCUT2D eigenvalue weighted by Crippen LogP contribution is 2.33. The molecule has 0 amide bonds. The summed E-state index contributed by atoms with van der Waals surface area (Å²) in [5, 5.41) is 10.4. The fourth-order valence-electron chi connectivity index (χ4n) is 1.76. The van der Waals surface area contributed by atoms with Crippen LogP contribution in [-0.4, -0.2) is 16.6 Å². The third-order valence-corrected chi connectivity index (χ3v) is 4.13. The second-order valence-corrected chi connectivity index (χ2v) is 5.37. The van der Waals surface area contributed by atoms with Gasteiger partial charge in [0.15, 0.2) is 5.13 Å². The van der Waals surface area contributed by atoms with Crippen LogP contribution in [-0.2, 0) is 6.61 Å². The van der Waals surface area contributed by atoms with Gasteiger partial charge < -0.3 is 10.0 Å². The van der Waals surface area contributed by atoms with Gasteiger partial charge in [-0.25, -0.2) is 4.98 Å². The molecule has 3 nitrogen and oxygen atoms in total. The Kier molecular flexibility index (Phi) is 4.22. The smallest absolute Gasteiger partial charge is 0.191 e. The number of rotatable bonds is 4. The first-order chi connectivity index (χ1) is 8.65. The summed E-state index contributed by atoms with van der Waals surface area (Å²) in [7, 11) is 0. The van der Waals surface area contributed by atoms with Crippen LogP contribution in [0, 0.1) is 6.92 Å². The zero-order chi connectivity index (χ0) is 13.1. The largest absolute Gasteiger partial charge is 0.391 e. The van der Waals surface area contributed by atoms with Gasteiger partial charge in [-0.05, 0) is 31.5 Å². The quantitative estimate of drug-likeness (QED) is 0.928. The lowest BCUT2D eigenvalue weighted by atomic mass is 10.2. The van der Waals surface area contributed by atoms with Gasteiger partial charge in [0.2, 0.25) is 0 Å². The van der Waals surface area contributed by atoms with Crippen molar-refractivity contribution in [3.8, 4) is 0 Å². The molecule has 0 bridgehead atoms. The van der Waals surface area contributed by atoms with Crippen molar-refractivity contribution in [3.05, 3.63) is 39.9 Å². The van der Waals surface area contributed by atoms with Crippen LogP contribution in [0.2, 0.25) is 5.15 Å². The van der Waals surface area contributed by atoms with Gasteiger partial charge in [-0.3, -0.25) is 0 Å². The molecule has 0 aliphatic rings. The average Bonchev–Trinajstić information content (AvgIpc) is 2.71. The molecule has 0 unspecified atom stereocenters. The lowest BCUT2D eigenvalue weighted by Crippen LogP contribution is -2.15. The van der Waals surface area contributed by atoms with E-state index < -0.39 is 0 Å². The molecule has 5 heteroatoms. The Hall–Kier alpha value is -1.10. The van der Waals surface area contributed by atoms with Gasteiger partial charge in [0.05, 0.1) is 11.5 Å². The first-order valence-corrected chi connectivity index (χ1v) is 6.95. The van der Waals surface area contributed by atoms with Crippen LogP contribution >= 0.6 is 22.9 Å². The van der Waals surface area contributed by atoms with E-state index >= 15 is 0 Å². The Morgan fingerprint density at radius 2 is 2.22 bits per heavy atom. The molecule has 0 aliphatic carbocycles. The Morgan fingerprint density at radius 1 is 1.44 bits per heavy atom. The predicted octanol–water partition coefficient (Wildman–Crippen LogP) is 3.76. The number of hydrogen-bond acceptors (Lipinski definition) is 4. The Labute approximate surface area is 116 Å². The number of thiazole rings is 1. The molecule has 18 heavy (non-hydrogen) atoms. The third kappa shape index (κ3) is 2.66. The lowest BCUT2D eigenvalue weighted by Gasteiger charge is -2.20. The van der Waals surface area contributed by atoms with Crippen molar-refractivity contribution in [2.75, 3.05) is 11.4 Å². The van der Waals surface area contributed by atoms with Crippen LogP contribution < -0.4 is 4.90 Å². The molecular formula is C13H15ClN2OS. The van der Waals surface area contributed by atoms with Crippen LogP contribution in [0.4, 0.5) is 10.8 Å². The van der Waals surface area contributed by atoms with Crippen LogP contribution in [0.1, 0.15) is 17.4 Å². The number of aliphatic hydroxyl groups excluding tert-OH is 1. The van der Waals surface area contributed by atoms with Crippen LogP contribution in [0.3, 0.4) is 0 Å². The molecule has 0 radical (unpaired) electrons. The van der Waals surface area contributed by atoms with Crippen LogP contribution in [0.15, 0.2) is 24.3 Å². The molecule has 1 aromatic carbocycles. The molecule has 0 saturated carbocycles. The van der Waals surface area contributed by atoms with Crippen LogP contribution in [0.25, 0.3) is 0 Å². The molecule has 0 saturated heterocycles. The Balaban J connectivity index is 2.38. The van der Waals surface area contributed by atoms with E-state index in [-0.39, 0.29) is 6.61 Å². The fourth-order valence-corrected chi connectivity index (χ4v) is 2.96. The summed E-state index contributed by atoms with van der Waals surface area (Å²) < 4.78 is 0. The van der Waals surface area contributed by atoms with E-state index in [1.807, 2.05) is 12.1 Å². The summed E-state index contributed by atoms with van der Waals surface area (Å²) in [6.45, 7) is 4.86. The van der Waals surface area contributed by atoms with E-state index in [1.54, 1.807) is 0 Å². The fraction of sp³-hybridized carbons (Fsp3) is 0.308. The van der Waals surface area contributed by atoms with Crippen LogP contribution in [0.5, 0.6) is 0 Å². The van der Waals surface area contributed by atoms with Crippen molar-refractivity contribution in [2.24, 2.45) is 0 Å². The molecular weight excluding hydrogens is 268 g/mol. The maximum atomic E-state index is 9.17. The molecule has 1 N–H and O–H groups in total. The topological polar surface area (TPSA) is 36.4 Å². The van der Waals surface area contributed by atoms with Crippen molar-refractivity contribution in [1.29, 1.82) is 0 Å². The summed E-state index contributed by atoms with van der Waals surface area (Å²) in [6.07, 6.45) is 0. The first-order valence-electron chi connectivity index (χ1n) is 5.76. The van der Waals surface area contributed by atoms with Gasteiger partial charge in [0, 0.05) is 12.2 Å². The molecule has 0 atom stereocenters. The minimum absolute atomic E-state index is 0.0676. The summed E-state index contributed by atoms with van der Waals surface area (Å²) in [5.41, 5.74) is 2.29. The molecule has 0 fully saturated rings. The average molecular weight is 283 g/mol. The highest BCUT2D eigenvalue weighted by molar-refractivity contribution is 7.16. The molecule has 2 rings (SSSR count). The number of hydrogen-bond donors (Lipinski definition) is 1. The number of aromatic nitrogens is 1. The first kappa shape index (κ1) is 13.3. The molecule has 96 valence electrons. The number of aliphatic hydroxyl groups is 1. The van der Waals surface area contributed by atoms with Crippen molar-refractivity contribution in [3.63, 3.8) is 0 Å². The standard InChI is InChI=1S/C13H15ClN2OS/c1-3-16(10-6-4-5-9(2)7-10)13-15-12(14)11(8-17)18-13/h4-7,17H,3,8H2,1-2H3. The van der Waals surface area contributed by atoms with Crippen molar-refractivity contribution < 1.29 is 5.11 Å². The van der Waals surface area contributed by atoms with E-state index in [9.17, 15) is 0 Å². The van der Waals surface area contributed by atoms with E-state index in [1.165, 1.54) is 16.9 Å².